The second-order valence-corrected chi connectivity index (χ2v) is 1.69. The van der Waals surface area contributed by atoms with Crippen molar-refractivity contribution in [2.45, 2.75) is 19.8 Å². The van der Waals surface area contributed by atoms with Gasteiger partial charge in [0.2, 0.25) is 0 Å². The second kappa shape index (κ2) is 6.92. The summed E-state index contributed by atoms with van der Waals surface area (Å²) in [4.78, 5) is 5.85. The first-order chi connectivity index (χ1) is 4.85. The molecule has 6 heteroatoms. The summed E-state index contributed by atoms with van der Waals surface area (Å²) in [5.41, 5.74) is 0. The zero-order chi connectivity index (χ0) is 7.82. The first-order valence-corrected chi connectivity index (χ1v) is 3.01. The minimum Gasteiger partial charge on any atom is -0.383 e. The van der Waals surface area contributed by atoms with Gasteiger partial charge in [0.15, 0.2) is 0 Å². The topological polar surface area (TPSA) is 27.7 Å². The van der Waals surface area contributed by atoms with Gasteiger partial charge in [-0.25, -0.2) is 0 Å². The first-order valence-electron chi connectivity index (χ1n) is 3.01. The lowest BCUT2D eigenvalue weighted by Gasteiger charge is -2.01. The van der Waals surface area contributed by atoms with Crippen LogP contribution in [0.15, 0.2) is 0 Å². The van der Waals surface area contributed by atoms with Crippen LogP contribution >= 0.6 is 0 Å². The van der Waals surface area contributed by atoms with Gasteiger partial charge in [-0.3, -0.25) is 0 Å². The van der Waals surface area contributed by atoms with E-state index in [0.29, 0.717) is 6.42 Å². The van der Waals surface area contributed by atoms with E-state index in [2.05, 4.69) is 14.4 Å². The van der Waals surface area contributed by atoms with Crippen LogP contribution in [0.2, 0.25) is 0 Å². The zero-order valence-corrected chi connectivity index (χ0v) is 5.68. The average Bonchev–Trinajstić information content (AvgIpc) is 1.99. The maximum atomic E-state index is 11.1. The predicted molar refractivity (Wildman–Crippen MR) is 31.0 cm³/mol. The normalized spacial score (nSPS) is 9.90. The molecule has 0 fully saturated rings. The minimum absolute atomic E-state index is 0.217. The summed E-state index contributed by atoms with van der Waals surface area (Å²) >= 11 is 0. The summed E-state index contributed by atoms with van der Waals surface area (Å²) in [7, 11) is -1.83. The van der Waals surface area contributed by atoms with Crippen LogP contribution in [0.25, 0.3) is 0 Å². The van der Waals surface area contributed by atoms with E-state index >= 15 is 0 Å². The molecular weight excluding hydrogens is 145 g/mol. The molecule has 0 atom stereocenters. The standard InChI is InChI=1S/C4H9BF2O3/c1-2-3-4-8-5(9-6)10-7/h2-4H2,1H3. The fourth-order valence-electron chi connectivity index (χ4n) is 0.389. The molecule has 0 rings (SSSR count). The molecule has 0 bridgehead atoms. The molecule has 0 saturated carbocycles. The van der Waals surface area contributed by atoms with Crippen LogP contribution in [0.4, 0.5) is 9.05 Å². The summed E-state index contributed by atoms with van der Waals surface area (Å²) in [6, 6.07) is 0. The Kier molecular flexibility index (Phi) is 6.78. The number of hydrogen-bond donors (Lipinski definition) is 0. The lowest BCUT2D eigenvalue weighted by Crippen LogP contribution is -2.21. The van der Waals surface area contributed by atoms with Gasteiger partial charge in [-0.2, -0.15) is 9.72 Å². The fourth-order valence-corrected chi connectivity index (χ4v) is 0.389. The van der Waals surface area contributed by atoms with Crippen molar-refractivity contribution < 1.29 is 23.4 Å². The van der Waals surface area contributed by atoms with E-state index in [1.165, 1.54) is 0 Å². The Labute approximate surface area is 58.2 Å². The Morgan fingerprint density at radius 1 is 1.30 bits per heavy atom. The number of rotatable bonds is 6. The molecule has 10 heavy (non-hydrogen) atoms. The molecular formula is C4H9BF2O3. The van der Waals surface area contributed by atoms with Gasteiger partial charge in [0, 0.05) is 6.61 Å². The van der Waals surface area contributed by atoms with Crippen molar-refractivity contribution in [1.82, 2.24) is 0 Å². The molecule has 0 spiro atoms. The Morgan fingerprint density at radius 3 is 2.30 bits per heavy atom. The predicted octanol–water partition coefficient (Wildman–Crippen LogP) is 1.59. The second-order valence-electron chi connectivity index (χ2n) is 1.69. The van der Waals surface area contributed by atoms with Crippen molar-refractivity contribution >= 4 is 7.32 Å². The molecule has 0 aromatic heterocycles. The molecule has 0 unspecified atom stereocenters. The molecule has 0 aliphatic rings. The molecule has 0 saturated heterocycles. The van der Waals surface area contributed by atoms with Crippen molar-refractivity contribution in [3.63, 3.8) is 0 Å². The lowest BCUT2D eigenvalue weighted by molar-refractivity contribution is -0.142. The van der Waals surface area contributed by atoms with Crippen LogP contribution in [0.5, 0.6) is 0 Å². The van der Waals surface area contributed by atoms with Gasteiger partial charge >= 0.3 is 7.32 Å². The van der Waals surface area contributed by atoms with Crippen molar-refractivity contribution in [3.8, 4) is 0 Å². The largest absolute Gasteiger partial charge is 0.704 e. The molecule has 0 radical (unpaired) electrons. The van der Waals surface area contributed by atoms with Gasteiger partial charge in [0.25, 0.3) is 0 Å². The Balaban J connectivity index is 3.09. The van der Waals surface area contributed by atoms with Crippen molar-refractivity contribution in [1.29, 1.82) is 0 Å². The van der Waals surface area contributed by atoms with E-state index in [1.54, 1.807) is 0 Å². The third-order valence-electron chi connectivity index (χ3n) is 0.897. The van der Waals surface area contributed by atoms with Crippen LogP contribution in [0.1, 0.15) is 19.8 Å². The third kappa shape index (κ3) is 4.66. The Hall–Kier alpha value is -0.195. The number of unbranched alkanes of at least 4 members (excludes halogenated alkanes) is 1. The van der Waals surface area contributed by atoms with Crippen molar-refractivity contribution in [3.05, 3.63) is 0 Å². The Morgan fingerprint density at radius 2 is 1.90 bits per heavy atom. The maximum absolute atomic E-state index is 11.1. The summed E-state index contributed by atoms with van der Waals surface area (Å²) < 4.78 is 26.6. The van der Waals surface area contributed by atoms with Gasteiger partial charge in [-0.15, -0.1) is 0 Å². The summed E-state index contributed by atoms with van der Waals surface area (Å²) in [5.74, 6) is 0. The molecule has 0 aliphatic heterocycles. The van der Waals surface area contributed by atoms with Crippen molar-refractivity contribution in [2.24, 2.45) is 0 Å². The van der Waals surface area contributed by atoms with Gasteiger partial charge in [-0.1, -0.05) is 22.4 Å². The highest BCUT2D eigenvalue weighted by atomic mass is 19.3. The van der Waals surface area contributed by atoms with Crippen LogP contribution in [-0.2, 0) is 14.4 Å². The SMILES string of the molecule is CCCCOB(OF)OF. The molecule has 3 nitrogen and oxygen atoms in total. The summed E-state index contributed by atoms with van der Waals surface area (Å²) in [6.45, 7) is 2.14. The quantitative estimate of drug-likeness (QED) is 0.429. The molecule has 0 heterocycles. The molecule has 0 N–H and O–H groups in total. The molecule has 0 aliphatic carbocycles. The third-order valence-corrected chi connectivity index (χ3v) is 0.897. The summed E-state index contributed by atoms with van der Waals surface area (Å²) in [5, 5.41) is 0. The highest BCUT2D eigenvalue weighted by molar-refractivity contribution is 6.35. The van der Waals surface area contributed by atoms with Crippen LogP contribution in [0, 0.1) is 0 Å². The lowest BCUT2D eigenvalue weighted by atomic mass is 10.2. The monoisotopic (exact) mass is 154 g/mol. The minimum atomic E-state index is -1.83. The van der Waals surface area contributed by atoms with Crippen molar-refractivity contribution in [2.75, 3.05) is 6.61 Å². The first kappa shape index (κ1) is 9.80. The van der Waals surface area contributed by atoms with Gasteiger partial charge in [-0.05, 0) is 6.42 Å². The maximum Gasteiger partial charge on any atom is 0.704 e. The molecule has 0 aromatic rings. The smallest absolute Gasteiger partial charge is 0.383 e. The molecule has 60 valence electrons. The van der Waals surface area contributed by atoms with Gasteiger partial charge in [0.1, 0.15) is 0 Å². The summed E-state index contributed by atoms with van der Waals surface area (Å²) in [6.07, 6.45) is 1.59. The van der Waals surface area contributed by atoms with Gasteiger partial charge < -0.3 is 4.65 Å². The van der Waals surface area contributed by atoms with E-state index in [9.17, 15) is 9.05 Å². The Bertz CT molecular complexity index is 71.5. The van der Waals surface area contributed by atoms with Crippen LogP contribution in [-0.4, -0.2) is 13.9 Å². The highest BCUT2D eigenvalue weighted by Crippen LogP contribution is 1.96. The van der Waals surface area contributed by atoms with E-state index in [4.69, 9.17) is 0 Å². The van der Waals surface area contributed by atoms with E-state index in [0.717, 1.165) is 6.42 Å². The van der Waals surface area contributed by atoms with Crippen LogP contribution < -0.4 is 0 Å². The van der Waals surface area contributed by atoms with E-state index in [1.807, 2.05) is 6.92 Å². The zero-order valence-electron chi connectivity index (χ0n) is 5.68. The van der Waals surface area contributed by atoms with Gasteiger partial charge in [0.05, 0.1) is 0 Å². The molecule has 0 aromatic carbocycles. The molecule has 0 amide bonds. The number of hydrogen-bond acceptors (Lipinski definition) is 3. The average molecular weight is 154 g/mol. The van der Waals surface area contributed by atoms with E-state index < -0.39 is 7.32 Å². The highest BCUT2D eigenvalue weighted by Gasteiger charge is 2.23. The van der Waals surface area contributed by atoms with Crippen LogP contribution in [0.3, 0.4) is 0 Å². The number of halogens is 2. The van der Waals surface area contributed by atoms with E-state index in [-0.39, 0.29) is 6.61 Å². The fraction of sp³-hybridized carbons (Fsp3) is 1.00.